The highest BCUT2D eigenvalue weighted by atomic mass is 35.5. The van der Waals surface area contributed by atoms with Crippen LogP contribution in [-0.2, 0) is 0 Å². The van der Waals surface area contributed by atoms with Gasteiger partial charge < -0.3 is 15.0 Å². The van der Waals surface area contributed by atoms with Crippen molar-refractivity contribution >= 4 is 23.2 Å². The number of carbonyl (C=O) groups is 1. The summed E-state index contributed by atoms with van der Waals surface area (Å²) in [5, 5.41) is 6.48. The highest BCUT2D eigenvalue weighted by molar-refractivity contribution is 6.33. The Balaban J connectivity index is 2.84. The average molecular weight is 326 g/mol. The summed E-state index contributed by atoms with van der Waals surface area (Å²) in [6.07, 6.45) is 0. The molecule has 1 aromatic rings. The molecule has 0 atom stereocenters. The van der Waals surface area contributed by atoms with E-state index in [9.17, 15) is 4.79 Å². The molecule has 0 aliphatic rings. The molecule has 1 N–H and O–H groups in total. The first-order valence-corrected chi connectivity index (χ1v) is 7.38. The summed E-state index contributed by atoms with van der Waals surface area (Å²) in [7, 11) is 1.44. The number of halogens is 1. The zero-order valence-electron chi connectivity index (χ0n) is 13.0. The molecule has 0 aliphatic heterocycles. The molecule has 1 rings (SSSR count). The highest BCUT2D eigenvalue weighted by Gasteiger charge is 2.15. The maximum Gasteiger partial charge on any atom is 0.255 e. The molecule has 0 saturated carbocycles. The standard InChI is InChI=1S/C14H20ClN5O2/c1-4-20(5-2)7-6-17-14(21)10-8-11(15)12(18-19-16)9-13(10)22-3/h8-9H,4-7H2,1-3H3,(H,17,21). The summed E-state index contributed by atoms with van der Waals surface area (Å²) in [5.41, 5.74) is 9.01. The van der Waals surface area contributed by atoms with Crippen molar-refractivity contribution in [3.8, 4) is 5.75 Å². The van der Waals surface area contributed by atoms with Gasteiger partial charge in [-0.3, -0.25) is 4.79 Å². The molecular weight excluding hydrogens is 306 g/mol. The monoisotopic (exact) mass is 325 g/mol. The third-order valence-electron chi connectivity index (χ3n) is 3.27. The number of benzene rings is 1. The Morgan fingerprint density at radius 2 is 2.14 bits per heavy atom. The van der Waals surface area contributed by atoms with E-state index in [-0.39, 0.29) is 16.6 Å². The van der Waals surface area contributed by atoms with Crippen molar-refractivity contribution in [2.24, 2.45) is 5.11 Å². The normalized spacial score (nSPS) is 10.2. The number of likely N-dealkylation sites (N-methyl/N-ethyl adjacent to an activating group) is 1. The van der Waals surface area contributed by atoms with Crippen molar-refractivity contribution in [3.63, 3.8) is 0 Å². The first-order valence-electron chi connectivity index (χ1n) is 7.00. The van der Waals surface area contributed by atoms with Gasteiger partial charge in [-0.2, -0.15) is 0 Å². The molecule has 1 amide bonds. The minimum absolute atomic E-state index is 0.201. The molecule has 8 heteroatoms. The molecular formula is C14H20ClN5O2. The molecule has 0 heterocycles. The number of carbonyl (C=O) groups excluding carboxylic acids is 1. The Morgan fingerprint density at radius 3 is 2.68 bits per heavy atom. The molecule has 0 aromatic heterocycles. The number of nitrogens with one attached hydrogen (secondary N) is 1. The Hall–Kier alpha value is -1.95. The zero-order valence-corrected chi connectivity index (χ0v) is 13.7. The Bertz CT molecular complexity index is 569. The number of azide groups is 1. The largest absolute Gasteiger partial charge is 0.496 e. The van der Waals surface area contributed by atoms with Crippen LogP contribution < -0.4 is 10.1 Å². The minimum Gasteiger partial charge on any atom is -0.496 e. The van der Waals surface area contributed by atoms with Crippen molar-refractivity contribution in [2.75, 3.05) is 33.3 Å². The molecule has 0 bridgehead atoms. The van der Waals surface area contributed by atoms with Gasteiger partial charge in [-0.1, -0.05) is 30.6 Å². The van der Waals surface area contributed by atoms with Crippen molar-refractivity contribution in [1.82, 2.24) is 10.2 Å². The van der Waals surface area contributed by atoms with Crippen LogP contribution in [0.1, 0.15) is 24.2 Å². The molecule has 120 valence electrons. The van der Waals surface area contributed by atoms with Gasteiger partial charge in [0.25, 0.3) is 5.91 Å². The fourth-order valence-electron chi connectivity index (χ4n) is 1.98. The van der Waals surface area contributed by atoms with Crippen LogP contribution in [0, 0.1) is 0 Å². The first-order chi connectivity index (χ1) is 10.6. The molecule has 0 unspecified atom stereocenters. The van der Waals surface area contributed by atoms with E-state index in [0.29, 0.717) is 17.9 Å². The van der Waals surface area contributed by atoms with Gasteiger partial charge in [-0.15, -0.1) is 0 Å². The lowest BCUT2D eigenvalue weighted by Gasteiger charge is -2.18. The fourth-order valence-corrected chi connectivity index (χ4v) is 2.18. The van der Waals surface area contributed by atoms with Crippen molar-refractivity contribution in [1.29, 1.82) is 0 Å². The molecule has 1 aromatic carbocycles. The van der Waals surface area contributed by atoms with Crippen LogP contribution in [0.15, 0.2) is 17.2 Å². The van der Waals surface area contributed by atoms with Gasteiger partial charge in [0.1, 0.15) is 5.75 Å². The second kappa shape index (κ2) is 9.15. The zero-order chi connectivity index (χ0) is 16.5. The Labute approximate surface area is 134 Å². The fraction of sp³-hybridized carbons (Fsp3) is 0.500. The second-order valence-corrected chi connectivity index (χ2v) is 4.88. The lowest BCUT2D eigenvalue weighted by Crippen LogP contribution is -2.34. The number of nitrogens with zero attached hydrogens (tertiary/aromatic N) is 4. The summed E-state index contributed by atoms with van der Waals surface area (Å²) in [6.45, 7) is 7.31. The van der Waals surface area contributed by atoms with Gasteiger partial charge in [-0.05, 0) is 30.8 Å². The predicted molar refractivity (Wildman–Crippen MR) is 86.9 cm³/mol. The van der Waals surface area contributed by atoms with Crippen LogP contribution in [0.2, 0.25) is 5.02 Å². The van der Waals surface area contributed by atoms with Crippen LogP contribution in [0.4, 0.5) is 5.69 Å². The number of ether oxygens (including phenoxy) is 1. The van der Waals surface area contributed by atoms with E-state index in [0.717, 1.165) is 19.6 Å². The van der Waals surface area contributed by atoms with E-state index in [2.05, 4.69) is 34.1 Å². The van der Waals surface area contributed by atoms with E-state index in [1.165, 1.54) is 19.2 Å². The summed E-state index contributed by atoms with van der Waals surface area (Å²) in [6, 6.07) is 2.89. The lowest BCUT2D eigenvalue weighted by molar-refractivity contribution is 0.0946. The van der Waals surface area contributed by atoms with Crippen molar-refractivity contribution < 1.29 is 9.53 Å². The predicted octanol–water partition coefficient (Wildman–Crippen LogP) is 3.36. The maximum atomic E-state index is 12.2. The third-order valence-corrected chi connectivity index (χ3v) is 3.58. The summed E-state index contributed by atoms with van der Waals surface area (Å²) < 4.78 is 5.17. The molecule has 0 radical (unpaired) electrons. The van der Waals surface area contributed by atoms with Crippen LogP contribution >= 0.6 is 11.6 Å². The van der Waals surface area contributed by atoms with Gasteiger partial charge in [0, 0.05) is 18.0 Å². The summed E-state index contributed by atoms with van der Waals surface area (Å²) >= 11 is 6.00. The van der Waals surface area contributed by atoms with Crippen LogP contribution in [0.3, 0.4) is 0 Å². The SMILES string of the molecule is CCN(CC)CCNC(=O)c1cc(Cl)c(N=[N+]=[N-])cc1OC. The Morgan fingerprint density at radius 1 is 1.45 bits per heavy atom. The number of amides is 1. The molecule has 0 fully saturated rings. The average Bonchev–Trinajstić information content (AvgIpc) is 2.53. The topological polar surface area (TPSA) is 90.3 Å². The first kappa shape index (κ1) is 18.1. The van der Waals surface area contributed by atoms with Gasteiger partial charge in [0.15, 0.2) is 0 Å². The number of rotatable bonds is 8. The third kappa shape index (κ3) is 4.80. The number of hydrogen-bond acceptors (Lipinski definition) is 4. The number of hydrogen-bond donors (Lipinski definition) is 1. The quantitative estimate of drug-likeness (QED) is 0.451. The molecule has 7 nitrogen and oxygen atoms in total. The van der Waals surface area contributed by atoms with Crippen LogP contribution in [0.25, 0.3) is 10.4 Å². The maximum absolute atomic E-state index is 12.2. The lowest BCUT2D eigenvalue weighted by atomic mass is 10.1. The molecule has 0 aliphatic carbocycles. The summed E-state index contributed by atoms with van der Waals surface area (Å²) in [4.78, 5) is 17.1. The highest BCUT2D eigenvalue weighted by Crippen LogP contribution is 2.33. The van der Waals surface area contributed by atoms with Crippen LogP contribution in [-0.4, -0.2) is 44.1 Å². The van der Waals surface area contributed by atoms with E-state index in [1.54, 1.807) is 0 Å². The molecule has 0 saturated heterocycles. The Kier molecular flexibility index (Phi) is 7.52. The van der Waals surface area contributed by atoms with Crippen molar-refractivity contribution in [3.05, 3.63) is 33.2 Å². The van der Waals surface area contributed by atoms with E-state index in [1.807, 2.05) is 0 Å². The second-order valence-electron chi connectivity index (χ2n) is 4.48. The molecule has 22 heavy (non-hydrogen) atoms. The van der Waals surface area contributed by atoms with Crippen molar-refractivity contribution in [2.45, 2.75) is 13.8 Å². The summed E-state index contributed by atoms with van der Waals surface area (Å²) in [5.74, 6) is 0.0329. The number of methoxy groups -OCH3 is 1. The van der Waals surface area contributed by atoms with Crippen LogP contribution in [0.5, 0.6) is 5.75 Å². The van der Waals surface area contributed by atoms with Gasteiger partial charge >= 0.3 is 0 Å². The van der Waals surface area contributed by atoms with Gasteiger partial charge in [0.05, 0.1) is 23.4 Å². The van der Waals surface area contributed by atoms with E-state index < -0.39 is 0 Å². The minimum atomic E-state index is -0.279. The van der Waals surface area contributed by atoms with E-state index >= 15 is 0 Å². The van der Waals surface area contributed by atoms with Gasteiger partial charge in [0.2, 0.25) is 0 Å². The smallest absolute Gasteiger partial charge is 0.255 e. The van der Waals surface area contributed by atoms with E-state index in [4.69, 9.17) is 21.9 Å². The van der Waals surface area contributed by atoms with Gasteiger partial charge in [-0.25, -0.2) is 0 Å². The molecule has 0 spiro atoms.